The van der Waals surface area contributed by atoms with Gasteiger partial charge in [0.2, 0.25) is 0 Å². The molecule has 2 atom stereocenters. The van der Waals surface area contributed by atoms with Gasteiger partial charge in [-0.05, 0) is 11.6 Å². The molecular formula is C9H5ClF6. The predicted molar refractivity (Wildman–Crippen MR) is 45.2 cm³/mol. The van der Waals surface area contributed by atoms with Crippen LogP contribution < -0.4 is 0 Å². The zero-order valence-corrected chi connectivity index (χ0v) is 8.29. The van der Waals surface area contributed by atoms with Gasteiger partial charge in [0.1, 0.15) is 11.3 Å². The lowest BCUT2D eigenvalue weighted by atomic mass is 9.89. The van der Waals surface area contributed by atoms with Crippen molar-refractivity contribution < 1.29 is 26.3 Å². The highest BCUT2D eigenvalue weighted by atomic mass is 35.5. The summed E-state index contributed by atoms with van der Waals surface area (Å²) in [7, 11) is 0. The van der Waals surface area contributed by atoms with E-state index in [9.17, 15) is 26.3 Å². The highest BCUT2D eigenvalue weighted by Gasteiger charge is 2.77. The number of alkyl halides is 7. The van der Waals surface area contributed by atoms with Crippen molar-refractivity contribution in [2.75, 3.05) is 0 Å². The summed E-state index contributed by atoms with van der Waals surface area (Å²) in [6.45, 7) is 0. The first kappa shape index (κ1) is 11.8. The highest BCUT2D eigenvalue weighted by Crippen LogP contribution is 2.61. The molecule has 0 radical (unpaired) electrons. The average molecular weight is 263 g/mol. The zero-order valence-electron chi connectivity index (χ0n) is 7.53. The summed E-state index contributed by atoms with van der Waals surface area (Å²) < 4.78 is 78.9. The monoisotopic (exact) mass is 262 g/mol. The SMILES string of the molecule is FC1(F)C=CC=C2C(Cl)C(F)(F)C(F)(F)C21. The predicted octanol–water partition coefficient (Wildman–Crippen LogP) is 3.63. The molecule has 90 valence electrons. The largest absolute Gasteiger partial charge is 0.330 e. The van der Waals surface area contributed by atoms with Gasteiger partial charge in [-0.15, -0.1) is 11.6 Å². The molecule has 0 bridgehead atoms. The van der Waals surface area contributed by atoms with Gasteiger partial charge < -0.3 is 0 Å². The van der Waals surface area contributed by atoms with E-state index in [1.165, 1.54) is 0 Å². The Morgan fingerprint density at radius 3 is 2.06 bits per heavy atom. The lowest BCUT2D eigenvalue weighted by Crippen LogP contribution is -2.47. The van der Waals surface area contributed by atoms with Gasteiger partial charge in [-0.2, -0.15) is 17.6 Å². The van der Waals surface area contributed by atoms with Gasteiger partial charge in [-0.3, -0.25) is 0 Å². The number of rotatable bonds is 0. The Labute approximate surface area is 91.6 Å². The van der Waals surface area contributed by atoms with Crippen LogP contribution in [-0.2, 0) is 0 Å². The first-order valence-corrected chi connectivity index (χ1v) is 4.73. The fraction of sp³-hybridized carbons (Fsp3) is 0.556. The standard InChI is InChI=1S/C9H5ClF6/c10-6-4-2-1-3-7(11,12)5(4)8(13,14)9(6,15)16/h1-3,5-6H. The minimum absolute atomic E-state index is 0.181. The van der Waals surface area contributed by atoms with Crippen LogP contribution in [0.5, 0.6) is 0 Å². The Balaban J connectivity index is 2.59. The highest BCUT2D eigenvalue weighted by molar-refractivity contribution is 6.23. The number of hydrogen-bond donors (Lipinski definition) is 0. The van der Waals surface area contributed by atoms with Crippen molar-refractivity contribution in [1.82, 2.24) is 0 Å². The van der Waals surface area contributed by atoms with Gasteiger partial charge in [0, 0.05) is 0 Å². The minimum atomic E-state index is -4.85. The Morgan fingerprint density at radius 2 is 1.56 bits per heavy atom. The molecule has 0 aliphatic heterocycles. The summed E-state index contributed by atoms with van der Waals surface area (Å²) in [4.78, 5) is 0. The maximum Gasteiger partial charge on any atom is 0.330 e. The molecule has 1 fully saturated rings. The average Bonchev–Trinajstić information content (AvgIpc) is 2.25. The molecule has 0 N–H and O–H groups in total. The summed E-state index contributed by atoms with van der Waals surface area (Å²) in [6, 6.07) is 0. The van der Waals surface area contributed by atoms with Crippen molar-refractivity contribution in [3.05, 3.63) is 23.8 Å². The van der Waals surface area contributed by atoms with E-state index in [0.717, 1.165) is 12.2 Å². The first-order valence-electron chi connectivity index (χ1n) is 4.29. The number of hydrogen-bond acceptors (Lipinski definition) is 0. The molecule has 0 heterocycles. The third-order valence-electron chi connectivity index (χ3n) is 2.74. The molecule has 0 nitrogen and oxygen atoms in total. The van der Waals surface area contributed by atoms with Crippen LogP contribution >= 0.6 is 11.6 Å². The second kappa shape index (κ2) is 2.97. The van der Waals surface area contributed by atoms with Gasteiger partial charge in [0.15, 0.2) is 0 Å². The Kier molecular flexibility index (Phi) is 2.19. The van der Waals surface area contributed by atoms with E-state index in [1.54, 1.807) is 0 Å². The van der Waals surface area contributed by atoms with Crippen LogP contribution in [-0.4, -0.2) is 23.1 Å². The Morgan fingerprint density at radius 1 is 1.00 bits per heavy atom. The number of allylic oxidation sites excluding steroid dienone is 4. The molecule has 0 saturated heterocycles. The number of halogens is 7. The first-order chi connectivity index (χ1) is 7.12. The molecule has 0 amide bonds. The van der Waals surface area contributed by atoms with Crippen LogP contribution in [0.2, 0.25) is 0 Å². The maximum atomic E-state index is 13.2. The van der Waals surface area contributed by atoms with E-state index < -0.39 is 34.6 Å². The number of fused-ring (bicyclic) bond motifs is 1. The van der Waals surface area contributed by atoms with Gasteiger partial charge in [0.25, 0.3) is 5.92 Å². The smallest absolute Gasteiger partial charge is 0.201 e. The van der Waals surface area contributed by atoms with Crippen molar-refractivity contribution >= 4 is 11.6 Å². The summed E-state index contributed by atoms with van der Waals surface area (Å²) in [5, 5.41) is -2.40. The van der Waals surface area contributed by atoms with Crippen molar-refractivity contribution in [2.45, 2.75) is 23.1 Å². The van der Waals surface area contributed by atoms with E-state index in [-0.39, 0.29) is 6.08 Å². The molecule has 0 aromatic heterocycles. The van der Waals surface area contributed by atoms with E-state index in [4.69, 9.17) is 11.6 Å². The normalized spacial score (nSPS) is 38.1. The van der Waals surface area contributed by atoms with E-state index in [2.05, 4.69) is 0 Å². The Hall–Kier alpha value is -0.650. The molecule has 2 aliphatic carbocycles. The van der Waals surface area contributed by atoms with Crippen LogP contribution in [0.1, 0.15) is 0 Å². The molecular weight excluding hydrogens is 258 g/mol. The molecule has 0 aromatic rings. The quantitative estimate of drug-likeness (QED) is 0.462. The van der Waals surface area contributed by atoms with Crippen molar-refractivity contribution in [3.63, 3.8) is 0 Å². The molecule has 2 unspecified atom stereocenters. The van der Waals surface area contributed by atoms with Crippen LogP contribution in [0.4, 0.5) is 26.3 Å². The van der Waals surface area contributed by atoms with Gasteiger partial charge >= 0.3 is 11.8 Å². The van der Waals surface area contributed by atoms with E-state index in [1.807, 2.05) is 0 Å². The van der Waals surface area contributed by atoms with Crippen LogP contribution in [0, 0.1) is 5.92 Å². The molecule has 2 aliphatic rings. The van der Waals surface area contributed by atoms with Gasteiger partial charge in [0.05, 0.1) is 0 Å². The van der Waals surface area contributed by atoms with Crippen molar-refractivity contribution in [3.8, 4) is 0 Å². The summed E-state index contributed by atoms with van der Waals surface area (Å²) >= 11 is 5.12. The fourth-order valence-corrected chi connectivity index (χ4v) is 2.30. The Bertz CT molecular complexity index is 383. The van der Waals surface area contributed by atoms with E-state index in [0.29, 0.717) is 0 Å². The van der Waals surface area contributed by atoms with Gasteiger partial charge in [-0.25, -0.2) is 8.78 Å². The zero-order chi connectivity index (χ0) is 12.4. The minimum Gasteiger partial charge on any atom is -0.201 e. The summed E-state index contributed by atoms with van der Waals surface area (Å²) in [5.74, 6) is -16.4. The maximum absolute atomic E-state index is 13.2. The fourth-order valence-electron chi connectivity index (χ4n) is 1.95. The molecule has 16 heavy (non-hydrogen) atoms. The lowest BCUT2D eigenvalue weighted by molar-refractivity contribution is -0.230. The third-order valence-corrected chi connectivity index (χ3v) is 3.27. The third kappa shape index (κ3) is 1.19. The molecule has 1 saturated carbocycles. The summed E-state index contributed by atoms with van der Waals surface area (Å²) in [5.41, 5.74) is -0.816. The molecule has 0 spiro atoms. The second-order valence-corrected chi connectivity index (χ2v) is 4.18. The van der Waals surface area contributed by atoms with Crippen LogP contribution in [0.3, 0.4) is 0 Å². The van der Waals surface area contributed by atoms with Crippen LogP contribution in [0.25, 0.3) is 0 Å². The second-order valence-electron chi connectivity index (χ2n) is 3.74. The molecule has 2 rings (SSSR count). The van der Waals surface area contributed by atoms with E-state index >= 15 is 0 Å². The van der Waals surface area contributed by atoms with Crippen molar-refractivity contribution in [2.24, 2.45) is 5.92 Å². The topological polar surface area (TPSA) is 0 Å². The molecule has 0 aromatic carbocycles. The van der Waals surface area contributed by atoms with Crippen LogP contribution in [0.15, 0.2) is 23.8 Å². The van der Waals surface area contributed by atoms with Gasteiger partial charge in [-0.1, -0.05) is 12.2 Å². The summed E-state index contributed by atoms with van der Waals surface area (Å²) in [6.07, 6.45) is 1.74. The molecule has 7 heteroatoms. The van der Waals surface area contributed by atoms with Crippen molar-refractivity contribution in [1.29, 1.82) is 0 Å². The lowest BCUT2D eigenvalue weighted by Gasteiger charge is -2.29.